The van der Waals surface area contributed by atoms with Crippen LogP contribution in [0.4, 0.5) is 5.69 Å². The predicted octanol–water partition coefficient (Wildman–Crippen LogP) is 2.48. The number of aliphatic carboxylic acids is 1. The van der Waals surface area contributed by atoms with Gasteiger partial charge in [0.1, 0.15) is 5.75 Å². The lowest BCUT2D eigenvalue weighted by Gasteiger charge is -2.48. The fourth-order valence-corrected chi connectivity index (χ4v) is 5.36. The summed E-state index contributed by atoms with van der Waals surface area (Å²) in [5.74, 6) is -0.257. The zero-order valence-corrected chi connectivity index (χ0v) is 15.8. The van der Waals surface area contributed by atoms with Crippen molar-refractivity contribution in [2.75, 3.05) is 38.2 Å². The predicted molar refractivity (Wildman–Crippen MR) is 102 cm³/mol. The lowest BCUT2D eigenvalue weighted by molar-refractivity contribution is -0.162. The third-order valence-electron chi connectivity index (χ3n) is 6.80. The molecular formula is C21H28N2O4. The Morgan fingerprint density at radius 2 is 1.63 bits per heavy atom. The normalized spacial score (nSPS) is 30.3. The van der Waals surface area contributed by atoms with E-state index in [9.17, 15) is 14.7 Å². The fourth-order valence-electron chi connectivity index (χ4n) is 5.36. The summed E-state index contributed by atoms with van der Waals surface area (Å²) in [5, 5.41) is 9.73. The van der Waals surface area contributed by atoms with Crippen LogP contribution in [0, 0.1) is 23.7 Å². The van der Waals surface area contributed by atoms with Crippen molar-refractivity contribution in [1.29, 1.82) is 0 Å². The Bertz CT molecular complexity index is 706. The van der Waals surface area contributed by atoms with Gasteiger partial charge in [-0.3, -0.25) is 9.59 Å². The number of anilines is 1. The summed E-state index contributed by atoms with van der Waals surface area (Å²) >= 11 is 0. The Kier molecular flexibility index (Phi) is 4.98. The second-order valence-corrected chi connectivity index (χ2v) is 8.08. The molecule has 1 saturated heterocycles. The van der Waals surface area contributed by atoms with Gasteiger partial charge in [-0.1, -0.05) is 6.07 Å². The first-order valence-corrected chi connectivity index (χ1v) is 9.99. The van der Waals surface area contributed by atoms with Gasteiger partial charge < -0.3 is 19.6 Å². The van der Waals surface area contributed by atoms with E-state index in [2.05, 4.69) is 11.0 Å². The molecule has 1 aromatic rings. The molecule has 0 aromatic heterocycles. The van der Waals surface area contributed by atoms with Crippen molar-refractivity contribution in [1.82, 2.24) is 4.90 Å². The second-order valence-electron chi connectivity index (χ2n) is 8.08. The first kappa shape index (κ1) is 18.1. The fraction of sp³-hybridized carbons (Fsp3) is 0.619. The molecule has 2 bridgehead atoms. The SMILES string of the molecule is COc1cccc(N2CCN(C(=O)[C@H]3C4CCC(CC4)[C@H]3C(=O)O)CC2)c1. The van der Waals surface area contributed by atoms with Gasteiger partial charge in [-0.05, 0) is 49.7 Å². The molecule has 1 heterocycles. The van der Waals surface area contributed by atoms with Crippen molar-refractivity contribution in [3.63, 3.8) is 0 Å². The van der Waals surface area contributed by atoms with Gasteiger partial charge in [0.2, 0.25) is 5.91 Å². The molecule has 6 nitrogen and oxygen atoms in total. The number of hydrogen-bond donors (Lipinski definition) is 1. The average molecular weight is 372 g/mol. The Morgan fingerprint density at radius 3 is 2.22 bits per heavy atom. The zero-order chi connectivity index (χ0) is 19.0. The van der Waals surface area contributed by atoms with Crippen molar-refractivity contribution in [3.8, 4) is 5.75 Å². The van der Waals surface area contributed by atoms with Crippen LogP contribution in [-0.2, 0) is 9.59 Å². The molecule has 0 radical (unpaired) electrons. The van der Waals surface area contributed by atoms with Gasteiger partial charge in [0.05, 0.1) is 18.9 Å². The molecule has 1 aromatic carbocycles. The molecular weight excluding hydrogens is 344 g/mol. The highest BCUT2D eigenvalue weighted by molar-refractivity contribution is 5.86. The van der Waals surface area contributed by atoms with Gasteiger partial charge in [-0.15, -0.1) is 0 Å². The topological polar surface area (TPSA) is 70.1 Å². The largest absolute Gasteiger partial charge is 0.497 e. The average Bonchev–Trinajstić information content (AvgIpc) is 2.73. The van der Waals surface area contributed by atoms with Crippen LogP contribution in [0.2, 0.25) is 0 Å². The Balaban J connectivity index is 1.43. The molecule has 5 rings (SSSR count). The number of carboxylic acid groups (broad SMARTS) is 1. The van der Waals surface area contributed by atoms with Crippen molar-refractivity contribution in [2.24, 2.45) is 23.7 Å². The molecule has 146 valence electrons. The van der Waals surface area contributed by atoms with Gasteiger partial charge in [-0.2, -0.15) is 0 Å². The molecule has 27 heavy (non-hydrogen) atoms. The maximum Gasteiger partial charge on any atom is 0.307 e. The lowest BCUT2D eigenvalue weighted by atomic mass is 9.58. The number of benzene rings is 1. The van der Waals surface area contributed by atoms with Gasteiger partial charge in [-0.25, -0.2) is 0 Å². The molecule has 1 N–H and O–H groups in total. The van der Waals surface area contributed by atoms with Crippen LogP contribution >= 0.6 is 0 Å². The molecule has 1 amide bonds. The highest BCUT2D eigenvalue weighted by Crippen LogP contribution is 2.49. The maximum atomic E-state index is 13.2. The lowest BCUT2D eigenvalue weighted by Crippen LogP contribution is -2.56. The van der Waals surface area contributed by atoms with Crippen molar-refractivity contribution in [2.45, 2.75) is 25.7 Å². The van der Waals surface area contributed by atoms with E-state index in [-0.39, 0.29) is 23.7 Å². The van der Waals surface area contributed by atoms with E-state index in [4.69, 9.17) is 4.74 Å². The number of ether oxygens (including phenoxy) is 1. The summed E-state index contributed by atoms with van der Waals surface area (Å²) in [5.41, 5.74) is 1.10. The highest BCUT2D eigenvalue weighted by Gasteiger charge is 2.51. The smallest absolute Gasteiger partial charge is 0.307 e. The van der Waals surface area contributed by atoms with Gasteiger partial charge in [0, 0.05) is 37.9 Å². The number of hydrogen-bond acceptors (Lipinski definition) is 4. The second kappa shape index (κ2) is 7.41. The molecule has 3 aliphatic carbocycles. The minimum absolute atomic E-state index is 0.0714. The third kappa shape index (κ3) is 3.37. The number of amides is 1. The molecule has 4 aliphatic rings. The first-order valence-electron chi connectivity index (χ1n) is 9.99. The Hall–Kier alpha value is -2.24. The number of carboxylic acids is 1. The van der Waals surface area contributed by atoms with Crippen LogP contribution in [0.1, 0.15) is 25.7 Å². The Labute approximate surface area is 160 Å². The number of carbonyl (C=O) groups excluding carboxylic acids is 1. The molecule has 0 spiro atoms. The summed E-state index contributed by atoms with van der Waals surface area (Å²) in [4.78, 5) is 29.2. The minimum atomic E-state index is -0.780. The summed E-state index contributed by atoms with van der Waals surface area (Å²) in [7, 11) is 1.66. The summed E-state index contributed by atoms with van der Waals surface area (Å²) in [6.45, 7) is 2.82. The van der Waals surface area contributed by atoms with E-state index < -0.39 is 11.9 Å². The monoisotopic (exact) mass is 372 g/mol. The van der Waals surface area contributed by atoms with E-state index in [1.165, 1.54) is 0 Å². The van der Waals surface area contributed by atoms with E-state index in [1.54, 1.807) is 7.11 Å². The van der Waals surface area contributed by atoms with E-state index in [1.807, 2.05) is 23.1 Å². The molecule has 3 saturated carbocycles. The van der Waals surface area contributed by atoms with Crippen LogP contribution in [0.15, 0.2) is 24.3 Å². The van der Waals surface area contributed by atoms with Gasteiger partial charge in [0.15, 0.2) is 0 Å². The van der Waals surface area contributed by atoms with Crippen molar-refractivity contribution < 1.29 is 19.4 Å². The van der Waals surface area contributed by atoms with Crippen LogP contribution in [0.5, 0.6) is 5.75 Å². The van der Waals surface area contributed by atoms with Gasteiger partial charge in [0.25, 0.3) is 0 Å². The number of rotatable bonds is 4. The van der Waals surface area contributed by atoms with Crippen LogP contribution in [-0.4, -0.2) is 55.2 Å². The summed E-state index contributed by atoms with van der Waals surface area (Å²) in [6.07, 6.45) is 3.95. The highest BCUT2D eigenvalue weighted by atomic mass is 16.5. The molecule has 2 atom stereocenters. The van der Waals surface area contributed by atoms with Crippen LogP contribution in [0.3, 0.4) is 0 Å². The van der Waals surface area contributed by atoms with E-state index in [0.717, 1.165) is 50.2 Å². The van der Waals surface area contributed by atoms with Crippen LogP contribution < -0.4 is 9.64 Å². The quantitative estimate of drug-likeness (QED) is 0.879. The first-order chi connectivity index (χ1) is 13.1. The number of nitrogens with zero attached hydrogens (tertiary/aromatic N) is 2. The number of piperazine rings is 1. The summed E-state index contributed by atoms with van der Waals surface area (Å²) < 4.78 is 5.30. The Morgan fingerprint density at radius 1 is 1.00 bits per heavy atom. The molecule has 1 aliphatic heterocycles. The standard InChI is InChI=1S/C21H28N2O4/c1-27-17-4-2-3-16(13-17)22-9-11-23(12-10-22)20(24)18-14-5-7-15(8-6-14)19(18)21(25)26/h2-4,13-15,18-19H,5-12H2,1H3,(H,25,26)/t14?,15?,18-,19+/m0/s1. The molecule has 0 unspecified atom stereocenters. The van der Waals surface area contributed by atoms with E-state index >= 15 is 0 Å². The molecule has 4 fully saturated rings. The van der Waals surface area contributed by atoms with Crippen molar-refractivity contribution in [3.05, 3.63) is 24.3 Å². The van der Waals surface area contributed by atoms with Crippen molar-refractivity contribution >= 4 is 17.6 Å². The van der Waals surface area contributed by atoms with Gasteiger partial charge >= 0.3 is 5.97 Å². The van der Waals surface area contributed by atoms with Crippen LogP contribution in [0.25, 0.3) is 0 Å². The third-order valence-corrected chi connectivity index (χ3v) is 6.80. The summed E-state index contributed by atoms with van der Waals surface area (Å²) in [6, 6.07) is 7.97. The molecule has 6 heteroatoms. The zero-order valence-electron chi connectivity index (χ0n) is 15.8. The number of carbonyl (C=O) groups is 2. The number of fused-ring (bicyclic) bond motifs is 3. The number of methoxy groups -OCH3 is 1. The van der Waals surface area contributed by atoms with E-state index in [0.29, 0.717) is 13.1 Å². The minimum Gasteiger partial charge on any atom is -0.497 e. The maximum absolute atomic E-state index is 13.2.